The Morgan fingerprint density at radius 2 is 1.81 bits per heavy atom. The van der Waals surface area contributed by atoms with Gasteiger partial charge in [-0.15, -0.1) is 0 Å². The molecule has 3 rings (SSSR count). The van der Waals surface area contributed by atoms with Crippen molar-refractivity contribution in [2.75, 3.05) is 18.4 Å². The van der Waals surface area contributed by atoms with Gasteiger partial charge in [0.25, 0.3) is 5.69 Å². The fourth-order valence-corrected chi connectivity index (χ4v) is 4.95. The maximum Gasteiger partial charge on any atom is 0.416 e. The van der Waals surface area contributed by atoms with Crippen molar-refractivity contribution in [2.45, 2.75) is 30.8 Å². The Labute approximate surface area is 182 Å². The number of hydrogen-bond donors (Lipinski definition) is 1. The van der Waals surface area contributed by atoms with Gasteiger partial charge in [-0.1, -0.05) is 12.1 Å². The molecular formula is C20H20F3N3O5S. The predicted molar refractivity (Wildman–Crippen MR) is 109 cm³/mol. The Morgan fingerprint density at radius 3 is 2.41 bits per heavy atom. The molecule has 0 atom stereocenters. The number of nitro benzene ring substituents is 1. The largest absolute Gasteiger partial charge is 0.416 e. The number of nitrogens with zero attached hydrogens (tertiary/aromatic N) is 2. The number of benzene rings is 2. The molecule has 1 N–H and O–H groups in total. The molecule has 1 heterocycles. The molecule has 8 nitrogen and oxygen atoms in total. The molecule has 0 radical (unpaired) electrons. The number of non-ortho nitro benzene ring substituents is 1. The van der Waals surface area contributed by atoms with Gasteiger partial charge in [-0.3, -0.25) is 14.9 Å². The highest BCUT2D eigenvalue weighted by Crippen LogP contribution is 2.32. The molecule has 0 saturated carbocycles. The zero-order valence-electron chi connectivity index (χ0n) is 16.9. The second-order valence-electron chi connectivity index (χ2n) is 7.45. The van der Waals surface area contributed by atoms with E-state index in [2.05, 4.69) is 5.32 Å². The number of nitro groups is 1. The number of sulfonamides is 1. The SMILES string of the molecule is Cc1ccc([N+](=O)[O-])cc1NC(=O)C1CCN(S(=O)(=O)c2cccc(C(F)(F)F)c2)CC1. The Hall–Kier alpha value is -2.99. The van der Waals surface area contributed by atoms with E-state index in [0.29, 0.717) is 17.3 Å². The lowest BCUT2D eigenvalue weighted by molar-refractivity contribution is -0.384. The number of anilines is 1. The minimum absolute atomic E-state index is 0.0371. The molecule has 2 aromatic rings. The zero-order valence-corrected chi connectivity index (χ0v) is 17.7. The normalized spacial score (nSPS) is 16.0. The van der Waals surface area contributed by atoms with Crippen molar-refractivity contribution >= 4 is 27.3 Å². The van der Waals surface area contributed by atoms with E-state index in [-0.39, 0.29) is 31.6 Å². The van der Waals surface area contributed by atoms with Crippen LogP contribution in [0.2, 0.25) is 0 Å². The van der Waals surface area contributed by atoms with Crippen LogP contribution in [0.1, 0.15) is 24.0 Å². The van der Waals surface area contributed by atoms with Crippen LogP contribution in [-0.4, -0.2) is 36.6 Å². The van der Waals surface area contributed by atoms with Crippen molar-refractivity contribution in [3.63, 3.8) is 0 Å². The Morgan fingerprint density at radius 1 is 1.16 bits per heavy atom. The van der Waals surface area contributed by atoms with E-state index in [9.17, 15) is 36.5 Å². The lowest BCUT2D eigenvalue weighted by Gasteiger charge is -2.30. The molecule has 1 aliphatic heterocycles. The van der Waals surface area contributed by atoms with E-state index >= 15 is 0 Å². The number of alkyl halides is 3. The van der Waals surface area contributed by atoms with Crippen LogP contribution >= 0.6 is 0 Å². The summed E-state index contributed by atoms with van der Waals surface area (Å²) in [6.45, 7) is 1.61. The zero-order chi connectivity index (χ0) is 23.7. The van der Waals surface area contributed by atoms with Crippen LogP contribution < -0.4 is 5.32 Å². The first-order valence-corrected chi connectivity index (χ1v) is 11.1. The van der Waals surface area contributed by atoms with Gasteiger partial charge in [-0.05, 0) is 43.5 Å². The lowest BCUT2D eigenvalue weighted by Crippen LogP contribution is -2.41. The fourth-order valence-electron chi connectivity index (χ4n) is 3.43. The highest BCUT2D eigenvalue weighted by atomic mass is 32.2. The summed E-state index contributed by atoms with van der Waals surface area (Å²) in [5.74, 6) is -0.939. The van der Waals surface area contributed by atoms with E-state index in [4.69, 9.17) is 0 Å². The molecule has 32 heavy (non-hydrogen) atoms. The summed E-state index contributed by atoms with van der Waals surface area (Å²) in [5, 5.41) is 13.6. The van der Waals surface area contributed by atoms with Crippen LogP contribution in [0.5, 0.6) is 0 Å². The Bertz CT molecular complexity index is 1140. The maximum atomic E-state index is 12.9. The number of carbonyl (C=O) groups excluding carboxylic acids is 1. The van der Waals surface area contributed by atoms with Crippen molar-refractivity contribution in [3.05, 3.63) is 63.7 Å². The molecule has 1 fully saturated rings. The third kappa shape index (κ3) is 5.07. The van der Waals surface area contributed by atoms with Crippen molar-refractivity contribution < 1.29 is 31.3 Å². The monoisotopic (exact) mass is 471 g/mol. The maximum absolute atomic E-state index is 12.9. The smallest absolute Gasteiger partial charge is 0.325 e. The van der Waals surface area contributed by atoms with Gasteiger partial charge in [-0.2, -0.15) is 17.5 Å². The standard InChI is InChI=1S/C20H20F3N3O5S/c1-13-5-6-16(26(28)29)12-18(13)24-19(27)14-7-9-25(10-8-14)32(30,31)17-4-2-3-15(11-17)20(21,22)23/h2-6,11-12,14H,7-10H2,1H3,(H,24,27). The van der Waals surface area contributed by atoms with Crippen LogP contribution in [0, 0.1) is 23.0 Å². The first-order valence-electron chi connectivity index (χ1n) is 9.63. The van der Waals surface area contributed by atoms with E-state index in [1.807, 2.05) is 0 Å². The molecule has 0 spiro atoms. The molecule has 0 aromatic heterocycles. The summed E-state index contributed by atoms with van der Waals surface area (Å²) < 4.78 is 65.4. The van der Waals surface area contributed by atoms with Crippen molar-refractivity contribution in [2.24, 2.45) is 5.92 Å². The number of nitrogens with one attached hydrogen (secondary N) is 1. The average Bonchev–Trinajstić information content (AvgIpc) is 2.74. The predicted octanol–water partition coefficient (Wildman–Crippen LogP) is 3.96. The first kappa shape index (κ1) is 23.7. The molecular weight excluding hydrogens is 451 g/mol. The van der Waals surface area contributed by atoms with E-state index in [1.54, 1.807) is 6.92 Å². The number of halogens is 3. The summed E-state index contributed by atoms with van der Waals surface area (Å²) in [6, 6.07) is 7.62. The summed E-state index contributed by atoms with van der Waals surface area (Å²) in [7, 11) is -4.15. The average molecular weight is 471 g/mol. The van der Waals surface area contributed by atoms with Gasteiger partial charge < -0.3 is 5.32 Å². The Balaban J connectivity index is 1.68. The molecule has 12 heteroatoms. The number of rotatable bonds is 5. The van der Waals surface area contributed by atoms with Gasteiger partial charge in [0.05, 0.1) is 21.1 Å². The molecule has 0 aliphatic carbocycles. The molecule has 2 aromatic carbocycles. The third-order valence-corrected chi connectivity index (χ3v) is 7.21. The number of piperidine rings is 1. The number of hydrogen-bond acceptors (Lipinski definition) is 5. The quantitative estimate of drug-likeness (QED) is 0.524. The van der Waals surface area contributed by atoms with Crippen LogP contribution in [0.15, 0.2) is 47.4 Å². The molecule has 1 saturated heterocycles. The minimum Gasteiger partial charge on any atom is -0.325 e. The fraction of sp³-hybridized carbons (Fsp3) is 0.350. The van der Waals surface area contributed by atoms with Crippen LogP contribution in [-0.2, 0) is 21.0 Å². The van der Waals surface area contributed by atoms with E-state index in [0.717, 1.165) is 22.5 Å². The molecule has 172 valence electrons. The summed E-state index contributed by atoms with van der Waals surface area (Å²) >= 11 is 0. The lowest BCUT2D eigenvalue weighted by atomic mass is 9.97. The minimum atomic E-state index is -4.67. The summed E-state index contributed by atoms with van der Waals surface area (Å²) in [5.41, 5.74) is -0.301. The molecule has 0 unspecified atom stereocenters. The Kier molecular flexibility index (Phi) is 6.56. The summed E-state index contributed by atoms with van der Waals surface area (Å²) in [4.78, 5) is 22.5. The van der Waals surface area contributed by atoms with Crippen molar-refractivity contribution in [1.29, 1.82) is 0 Å². The summed E-state index contributed by atoms with van der Waals surface area (Å²) in [6.07, 6.45) is -4.34. The van der Waals surface area contributed by atoms with E-state index < -0.39 is 43.4 Å². The van der Waals surface area contributed by atoms with E-state index in [1.165, 1.54) is 18.2 Å². The van der Waals surface area contributed by atoms with Gasteiger partial charge in [0.2, 0.25) is 15.9 Å². The topological polar surface area (TPSA) is 110 Å². The number of carbonyl (C=O) groups is 1. The molecule has 1 amide bonds. The second-order valence-corrected chi connectivity index (χ2v) is 9.39. The van der Waals surface area contributed by atoms with Gasteiger partial charge >= 0.3 is 6.18 Å². The van der Waals surface area contributed by atoms with Gasteiger partial charge in [-0.25, -0.2) is 8.42 Å². The third-order valence-electron chi connectivity index (χ3n) is 5.31. The van der Waals surface area contributed by atoms with Crippen LogP contribution in [0.4, 0.5) is 24.5 Å². The second kappa shape index (κ2) is 8.87. The van der Waals surface area contributed by atoms with Gasteiger partial charge in [0.1, 0.15) is 0 Å². The molecule has 1 aliphatic rings. The van der Waals surface area contributed by atoms with Gasteiger partial charge in [0, 0.05) is 31.1 Å². The van der Waals surface area contributed by atoms with Gasteiger partial charge in [0.15, 0.2) is 0 Å². The number of aryl methyl sites for hydroxylation is 1. The van der Waals surface area contributed by atoms with Crippen molar-refractivity contribution in [3.8, 4) is 0 Å². The first-order chi connectivity index (χ1) is 14.9. The number of amides is 1. The molecule has 0 bridgehead atoms. The highest BCUT2D eigenvalue weighted by molar-refractivity contribution is 7.89. The van der Waals surface area contributed by atoms with Crippen LogP contribution in [0.25, 0.3) is 0 Å². The van der Waals surface area contributed by atoms with Crippen LogP contribution in [0.3, 0.4) is 0 Å². The highest BCUT2D eigenvalue weighted by Gasteiger charge is 2.35. The van der Waals surface area contributed by atoms with Crippen molar-refractivity contribution in [1.82, 2.24) is 4.31 Å².